The van der Waals surface area contributed by atoms with E-state index in [1.54, 1.807) is 0 Å². The zero-order chi connectivity index (χ0) is 41.6. The average molecular weight is 848 g/mol. The van der Waals surface area contributed by atoms with E-state index in [1.807, 2.05) is 0 Å². The molecule has 0 nitrogen and oxygen atoms in total. The molecule has 0 unspecified atom stereocenters. The molecule has 0 aliphatic heterocycles. The summed E-state index contributed by atoms with van der Waals surface area (Å²) in [5, 5.41) is 13.2. The topological polar surface area (TPSA) is 0 Å². The molecule has 0 aliphatic carbocycles. The first kappa shape index (κ1) is 37.7. The number of fused-ring (bicyclic) bond motifs is 7. The van der Waals surface area contributed by atoms with Gasteiger partial charge < -0.3 is 0 Å². The monoisotopic (exact) mass is 848 g/mol. The Hall–Kier alpha value is -6.24. The normalized spacial score (nSPS) is 12.4. The average Bonchev–Trinajstić information content (AvgIpc) is 3.65. The van der Waals surface area contributed by atoms with E-state index in [-0.39, 0.29) is 25.3 Å². The van der Waals surface area contributed by atoms with Crippen LogP contribution in [0.2, 0.25) is 0 Å². The van der Waals surface area contributed by atoms with Crippen molar-refractivity contribution in [3.05, 3.63) is 193 Å². The number of rotatable bonds is 4. The van der Waals surface area contributed by atoms with Crippen LogP contribution in [0, 0.1) is 0 Å². The second kappa shape index (κ2) is 14.2. The van der Waals surface area contributed by atoms with Gasteiger partial charge in [0.2, 0.25) is 0 Å². The maximum atomic E-state index is 2.52. The van der Waals surface area contributed by atoms with Crippen molar-refractivity contribution in [1.29, 1.82) is 0 Å². The fourth-order valence-electron chi connectivity index (χ4n) is 9.91. The SMILES string of the molecule is CC(C)(C)c1cc(-c2c3ccccc3c(-c3cccc4[se]c5cc(-c6c7ccccc7c(-c7ccccc7)c7ccccc67)ccc5c34)c3ccccc23)cc(C(C)(C)C)c1. The van der Waals surface area contributed by atoms with Gasteiger partial charge in [-0.05, 0) is 0 Å². The Morgan fingerprint density at radius 2 is 0.721 bits per heavy atom. The molecule has 0 radical (unpaired) electrons. The third-order valence-electron chi connectivity index (χ3n) is 12.9. The summed E-state index contributed by atoms with van der Waals surface area (Å²) in [6.45, 7) is 14.0. The van der Waals surface area contributed by atoms with Crippen molar-refractivity contribution in [2.24, 2.45) is 0 Å². The summed E-state index contributed by atoms with van der Waals surface area (Å²) >= 11 is 0.161. The minimum atomic E-state index is 0.0208. The molecular formula is C60H48Se. The Labute approximate surface area is 364 Å². The van der Waals surface area contributed by atoms with E-state index in [2.05, 4.69) is 224 Å². The van der Waals surface area contributed by atoms with Crippen LogP contribution in [-0.2, 0) is 10.8 Å². The summed E-state index contributed by atoms with van der Waals surface area (Å²) in [5.74, 6) is 0. The predicted molar refractivity (Wildman–Crippen MR) is 268 cm³/mol. The van der Waals surface area contributed by atoms with Crippen LogP contribution in [0.1, 0.15) is 52.7 Å². The van der Waals surface area contributed by atoms with Gasteiger partial charge in [-0.1, -0.05) is 0 Å². The van der Waals surface area contributed by atoms with Crippen molar-refractivity contribution >= 4 is 76.9 Å². The molecule has 11 aromatic rings. The van der Waals surface area contributed by atoms with Gasteiger partial charge in [-0.2, -0.15) is 0 Å². The van der Waals surface area contributed by atoms with Crippen LogP contribution in [0.15, 0.2) is 182 Å². The fourth-order valence-corrected chi connectivity index (χ4v) is 12.4. The minimum absolute atomic E-state index is 0.0208. The standard InChI is InChI=1S/C60H48Se/c1-59(2,3)40-33-39(34-41(36-40)60(4,5)6)56-46-25-14-16-27-48(46)57(49-28-17-15-26-47(49)56)51-29-18-30-52-58(51)50-32-31-38(35-53(50)61-52)55-44-23-12-10-21-42(44)54(37-19-8-7-9-20-37)43-22-11-13-24-45(43)55/h7-36H,1-6H3. The third kappa shape index (κ3) is 6.17. The van der Waals surface area contributed by atoms with E-state index < -0.39 is 0 Å². The molecule has 0 saturated heterocycles. The Balaban J connectivity index is 1.16. The van der Waals surface area contributed by atoms with Crippen molar-refractivity contribution in [2.45, 2.75) is 52.4 Å². The fraction of sp³-hybridized carbons (Fsp3) is 0.133. The summed E-state index contributed by atoms with van der Waals surface area (Å²) < 4.78 is 2.91. The van der Waals surface area contributed by atoms with E-state index in [0.717, 1.165) is 0 Å². The van der Waals surface area contributed by atoms with Crippen LogP contribution in [0.3, 0.4) is 0 Å². The van der Waals surface area contributed by atoms with Crippen molar-refractivity contribution in [3.8, 4) is 44.5 Å². The molecule has 0 saturated carbocycles. The Kier molecular flexibility index (Phi) is 8.77. The van der Waals surface area contributed by atoms with Crippen molar-refractivity contribution in [2.75, 3.05) is 0 Å². The Morgan fingerprint density at radius 3 is 1.20 bits per heavy atom. The molecule has 1 heterocycles. The van der Waals surface area contributed by atoms with Crippen LogP contribution in [0.5, 0.6) is 0 Å². The van der Waals surface area contributed by atoms with Crippen LogP contribution in [0.25, 0.3) is 107 Å². The molecule has 10 aromatic carbocycles. The summed E-state index contributed by atoms with van der Waals surface area (Å²) in [4.78, 5) is 0. The van der Waals surface area contributed by atoms with Gasteiger partial charge in [-0.15, -0.1) is 0 Å². The zero-order valence-corrected chi connectivity index (χ0v) is 37.4. The van der Waals surface area contributed by atoms with E-state index in [4.69, 9.17) is 0 Å². The van der Waals surface area contributed by atoms with Crippen molar-refractivity contribution in [3.63, 3.8) is 0 Å². The van der Waals surface area contributed by atoms with Crippen LogP contribution < -0.4 is 0 Å². The first-order valence-electron chi connectivity index (χ1n) is 21.6. The molecule has 0 N–H and O–H groups in total. The predicted octanol–water partition coefficient (Wildman–Crippen LogP) is 16.9. The van der Waals surface area contributed by atoms with Gasteiger partial charge in [-0.3, -0.25) is 0 Å². The zero-order valence-electron chi connectivity index (χ0n) is 35.7. The second-order valence-corrected chi connectivity index (χ2v) is 21.1. The summed E-state index contributed by atoms with van der Waals surface area (Å²) in [6.07, 6.45) is 0. The number of benzene rings is 10. The maximum absolute atomic E-state index is 2.52. The molecule has 0 fully saturated rings. The molecule has 294 valence electrons. The summed E-state index contributed by atoms with van der Waals surface area (Å²) in [5.41, 5.74) is 13.2. The van der Waals surface area contributed by atoms with Crippen LogP contribution in [-0.4, -0.2) is 14.5 Å². The van der Waals surface area contributed by atoms with Crippen molar-refractivity contribution in [1.82, 2.24) is 0 Å². The molecular weight excluding hydrogens is 800 g/mol. The first-order chi connectivity index (χ1) is 29.5. The van der Waals surface area contributed by atoms with E-state index in [1.165, 1.54) is 118 Å². The first-order valence-corrected chi connectivity index (χ1v) is 23.3. The summed E-state index contributed by atoms with van der Waals surface area (Å²) in [6, 6.07) is 69.0. The molecule has 0 aliphatic rings. The van der Waals surface area contributed by atoms with Gasteiger partial charge in [0.05, 0.1) is 0 Å². The third-order valence-corrected chi connectivity index (χ3v) is 15.3. The second-order valence-electron chi connectivity index (χ2n) is 18.8. The molecule has 11 rings (SSSR count). The van der Waals surface area contributed by atoms with Gasteiger partial charge >= 0.3 is 367 Å². The van der Waals surface area contributed by atoms with Crippen molar-refractivity contribution < 1.29 is 0 Å². The molecule has 1 heteroatoms. The van der Waals surface area contributed by atoms with Gasteiger partial charge in [0.1, 0.15) is 0 Å². The number of hydrogen-bond donors (Lipinski definition) is 0. The van der Waals surface area contributed by atoms with Gasteiger partial charge in [0.25, 0.3) is 0 Å². The molecule has 0 spiro atoms. The van der Waals surface area contributed by atoms with Crippen LogP contribution in [0.4, 0.5) is 0 Å². The Bertz CT molecular complexity index is 3390. The van der Waals surface area contributed by atoms with Gasteiger partial charge in [0, 0.05) is 0 Å². The van der Waals surface area contributed by atoms with E-state index >= 15 is 0 Å². The number of hydrogen-bond acceptors (Lipinski definition) is 0. The van der Waals surface area contributed by atoms with E-state index in [9.17, 15) is 0 Å². The molecule has 0 atom stereocenters. The molecule has 0 bridgehead atoms. The van der Waals surface area contributed by atoms with Gasteiger partial charge in [0.15, 0.2) is 0 Å². The molecule has 61 heavy (non-hydrogen) atoms. The van der Waals surface area contributed by atoms with Gasteiger partial charge in [-0.25, -0.2) is 0 Å². The van der Waals surface area contributed by atoms with E-state index in [0.29, 0.717) is 0 Å². The quantitative estimate of drug-likeness (QED) is 0.122. The Morgan fingerprint density at radius 1 is 0.295 bits per heavy atom. The van der Waals surface area contributed by atoms with Crippen LogP contribution >= 0.6 is 0 Å². The molecule has 1 aromatic heterocycles. The molecule has 0 amide bonds. The summed E-state index contributed by atoms with van der Waals surface area (Å²) in [7, 11) is 0.